The highest BCUT2D eigenvalue weighted by molar-refractivity contribution is 7.14. The van der Waals surface area contributed by atoms with Gasteiger partial charge in [0, 0.05) is 18.1 Å². The summed E-state index contributed by atoms with van der Waals surface area (Å²) in [5.74, 6) is -0.968. The minimum absolute atomic E-state index is 0.252. The Morgan fingerprint density at radius 1 is 1.28 bits per heavy atom. The van der Waals surface area contributed by atoms with Crippen LogP contribution in [0.25, 0.3) is 16.1 Å². The molecule has 0 spiro atoms. The van der Waals surface area contributed by atoms with E-state index >= 15 is 0 Å². The predicted molar refractivity (Wildman–Crippen MR) is 102 cm³/mol. The average Bonchev–Trinajstić information content (AvgIpc) is 3.12. The summed E-state index contributed by atoms with van der Waals surface area (Å²) >= 11 is 1.40. The molecule has 0 aliphatic carbocycles. The third-order valence-corrected chi connectivity index (χ3v) is 5.06. The Kier molecular flexibility index (Phi) is 4.46. The Morgan fingerprint density at radius 2 is 1.96 bits per heavy atom. The minimum atomic E-state index is -0.968. The second-order valence-corrected chi connectivity index (χ2v) is 6.80. The summed E-state index contributed by atoms with van der Waals surface area (Å²) in [6, 6.07) is 9.73. The number of carboxylic acids is 1. The molecule has 0 aliphatic rings. The van der Waals surface area contributed by atoms with Crippen molar-refractivity contribution in [2.45, 2.75) is 13.8 Å². The molecule has 6 heteroatoms. The van der Waals surface area contributed by atoms with Crippen LogP contribution < -0.4 is 5.32 Å². The molecule has 1 aromatic carbocycles. The van der Waals surface area contributed by atoms with Crippen molar-refractivity contribution in [3.63, 3.8) is 0 Å². The van der Waals surface area contributed by atoms with Crippen molar-refractivity contribution in [1.82, 2.24) is 9.78 Å². The van der Waals surface area contributed by atoms with E-state index in [0.29, 0.717) is 17.1 Å². The smallest absolute Gasteiger partial charge is 0.339 e. The van der Waals surface area contributed by atoms with Gasteiger partial charge in [-0.05, 0) is 25.5 Å². The second kappa shape index (κ2) is 6.57. The number of thiophene rings is 1. The van der Waals surface area contributed by atoms with Gasteiger partial charge in [0.2, 0.25) is 0 Å². The number of nitrogens with one attached hydrogen (secondary N) is 1. The molecule has 25 heavy (non-hydrogen) atoms. The van der Waals surface area contributed by atoms with Crippen molar-refractivity contribution < 1.29 is 9.90 Å². The summed E-state index contributed by atoms with van der Waals surface area (Å²) in [7, 11) is 1.86. The topological polar surface area (TPSA) is 67.2 Å². The number of rotatable bonds is 5. The summed E-state index contributed by atoms with van der Waals surface area (Å²) in [6.45, 7) is 7.95. The summed E-state index contributed by atoms with van der Waals surface area (Å²) in [6.07, 6.45) is 0. The molecule has 2 heterocycles. The van der Waals surface area contributed by atoms with Crippen LogP contribution in [-0.4, -0.2) is 20.9 Å². The van der Waals surface area contributed by atoms with Gasteiger partial charge in [-0.1, -0.05) is 36.4 Å². The number of anilines is 1. The quantitative estimate of drug-likeness (QED) is 0.706. The van der Waals surface area contributed by atoms with E-state index in [1.165, 1.54) is 11.3 Å². The third kappa shape index (κ3) is 3.34. The van der Waals surface area contributed by atoms with Crippen LogP contribution >= 0.6 is 11.3 Å². The summed E-state index contributed by atoms with van der Waals surface area (Å²) in [4.78, 5) is 12.6. The first-order valence-electron chi connectivity index (χ1n) is 7.75. The van der Waals surface area contributed by atoms with E-state index in [1.807, 2.05) is 51.2 Å². The first-order chi connectivity index (χ1) is 11.9. The molecule has 0 atom stereocenters. The lowest BCUT2D eigenvalue weighted by Crippen LogP contribution is -2.05. The number of aryl methyl sites for hydroxylation is 3. The van der Waals surface area contributed by atoms with Gasteiger partial charge in [-0.3, -0.25) is 4.68 Å². The van der Waals surface area contributed by atoms with E-state index in [1.54, 1.807) is 10.1 Å². The molecule has 0 bridgehead atoms. The Morgan fingerprint density at radius 3 is 2.52 bits per heavy atom. The van der Waals surface area contributed by atoms with Crippen molar-refractivity contribution >= 4 is 28.7 Å². The van der Waals surface area contributed by atoms with Crippen molar-refractivity contribution in [3.05, 3.63) is 64.8 Å². The number of aromatic nitrogens is 2. The zero-order valence-corrected chi connectivity index (χ0v) is 15.1. The van der Waals surface area contributed by atoms with Gasteiger partial charge in [-0.25, -0.2) is 4.79 Å². The molecule has 2 aromatic heterocycles. The molecule has 0 saturated heterocycles. The first kappa shape index (κ1) is 17.0. The number of carbonyl (C=O) groups is 1. The Bertz CT molecular complexity index is 932. The molecule has 0 fully saturated rings. The molecule has 0 saturated carbocycles. The van der Waals surface area contributed by atoms with Gasteiger partial charge in [-0.2, -0.15) is 5.10 Å². The fraction of sp³-hybridized carbons (Fsp3) is 0.158. The molecule has 3 rings (SSSR count). The summed E-state index contributed by atoms with van der Waals surface area (Å²) in [5, 5.41) is 19.0. The van der Waals surface area contributed by atoms with Crippen LogP contribution in [0, 0.1) is 13.8 Å². The van der Waals surface area contributed by atoms with Gasteiger partial charge in [0.15, 0.2) is 0 Å². The van der Waals surface area contributed by atoms with Crippen LogP contribution in [0.3, 0.4) is 0 Å². The predicted octanol–water partition coefficient (Wildman–Crippen LogP) is 4.55. The van der Waals surface area contributed by atoms with E-state index in [-0.39, 0.29) is 5.56 Å². The van der Waals surface area contributed by atoms with Crippen LogP contribution in [0.4, 0.5) is 5.69 Å². The van der Waals surface area contributed by atoms with Crippen LogP contribution in [0.5, 0.6) is 0 Å². The number of aromatic carboxylic acids is 1. The Labute approximate surface area is 150 Å². The summed E-state index contributed by atoms with van der Waals surface area (Å²) in [5.41, 5.74) is 5.07. The SMILES string of the molecule is C=C(Nc1csc(-c2ccc(C)cc2)c1C(=O)O)c1cc(C)n(C)n1. The Balaban J connectivity index is 1.95. The van der Waals surface area contributed by atoms with Crippen molar-refractivity contribution in [1.29, 1.82) is 0 Å². The number of carboxylic acid groups (broad SMARTS) is 1. The van der Waals surface area contributed by atoms with E-state index in [0.717, 1.165) is 21.7 Å². The zero-order chi connectivity index (χ0) is 18.1. The molecule has 128 valence electrons. The van der Waals surface area contributed by atoms with Gasteiger partial charge in [0.25, 0.3) is 0 Å². The fourth-order valence-electron chi connectivity index (χ4n) is 2.51. The highest BCUT2D eigenvalue weighted by Gasteiger charge is 2.20. The molecular formula is C19H19N3O2S. The van der Waals surface area contributed by atoms with Crippen molar-refractivity contribution in [3.8, 4) is 10.4 Å². The first-order valence-corrected chi connectivity index (χ1v) is 8.63. The van der Waals surface area contributed by atoms with E-state index < -0.39 is 5.97 Å². The molecule has 0 radical (unpaired) electrons. The normalized spacial score (nSPS) is 10.7. The number of hydrogen-bond donors (Lipinski definition) is 2. The van der Waals surface area contributed by atoms with Crippen molar-refractivity contribution in [2.24, 2.45) is 7.05 Å². The lowest BCUT2D eigenvalue weighted by atomic mass is 10.1. The number of nitrogens with zero attached hydrogens (tertiary/aromatic N) is 2. The van der Waals surface area contributed by atoms with Crippen LogP contribution in [0.15, 0.2) is 42.3 Å². The summed E-state index contributed by atoms with van der Waals surface area (Å²) < 4.78 is 1.76. The minimum Gasteiger partial charge on any atom is -0.478 e. The average molecular weight is 353 g/mol. The fourth-order valence-corrected chi connectivity index (χ4v) is 3.51. The maximum absolute atomic E-state index is 11.8. The third-order valence-electron chi connectivity index (χ3n) is 4.03. The van der Waals surface area contributed by atoms with E-state index in [2.05, 4.69) is 17.0 Å². The molecule has 0 amide bonds. The standard InChI is InChI=1S/C19H19N3O2S/c1-11-5-7-14(8-6-11)18-17(19(23)24)16(10-25-18)20-13(3)15-9-12(2)22(4)21-15/h5-10,20H,3H2,1-2,4H3,(H,23,24). The largest absolute Gasteiger partial charge is 0.478 e. The number of benzene rings is 1. The molecule has 5 nitrogen and oxygen atoms in total. The maximum atomic E-state index is 11.8. The van der Waals surface area contributed by atoms with Gasteiger partial charge in [0.05, 0.1) is 16.3 Å². The monoisotopic (exact) mass is 353 g/mol. The molecule has 2 N–H and O–H groups in total. The lowest BCUT2D eigenvalue weighted by molar-refractivity contribution is 0.0699. The Hall–Kier alpha value is -2.86. The maximum Gasteiger partial charge on any atom is 0.339 e. The van der Waals surface area contributed by atoms with Gasteiger partial charge in [0.1, 0.15) is 11.3 Å². The van der Waals surface area contributed by atoms with Crippen LogP contribution in [-0.2, 0) is 7.05 Å². The van der Waals surface area contributed by atoms with E-state index in [9.17, 15) is 9.90 Å². The molecule has 3 aromatic rings. The molecular weight excluding hydrogens is 334 g/mol. The number of hydrogen-bond acceptors (Lipinski definition) is 4. The van der Waals surface area contributed by atoms with Gasteiger partial charge < -0.3 is 10.4 Å². The van der Waals surface area contributed by atoms with Crippen molar-refractivity contribution in [2.75, 3.05) is 5.32 Å². The van der Waals surface area contributed by atoms with Crippen LogP contribution in [0.1, 0.15) is 27.3 Å². The van der Waals surface area contributed by atoms with Gasteiger partial charge in [-0.15, -0.1) is 11.3 Å². The highest BCUT2D eigenvalue weighted by atomic mass is 32.1. The van der Waals surface area contributed by atoms with Gasteiger partial charge >= 0.3 is 5.97 Å². The van der Waals surface area contributed by atoms with E-state index in [4.69, 9.17) is 0 Å². The lowest BCUT2D eigenvalue weighted by Gasteiger charge is -2.08. The molecule has 0 aliphatic heterocycles. The second-order valence-electron chi connectivity index (χ2n) is 5.92. The molecule has 0 unspecified atom stereocenters. The van der Waals surface area contributed by atoms with Crippen LogP contribution in [0.2, 0.25) is 0 Å². The highest BCUT2D eigenvalue weighted by Crippen LogP contribution is 2.37. The zero-order valence-electron chi connectivity index (χ0n) is 14.3.